The molecule has 8 heteroatoms. The van der Waals surface area contributed by atoms with Gasteiger partial charge in [-0.25, -0.2) is 8.78 Å². The van der Waals surface area contributed by atoms with E-state index in [9.17, 15) is 27.2 Å². The van der Waals surface area contributed by atoms with E-state index < -0.39 is 41.4 Å². The van der Waals surface area contributed by atoms with Crippen LogP contribution < -0.4 is 10.1 Å². The van der Waals surface area contributed by atoms with Gasteiger partial charge < -0.3 is 10.1 Å². The van der Waals surface area contributed by atoms with Crippen molar-refractivity contribution in [2.45, 2.75) is 0 Å². The Morgan fingerprint density at radius 1 is 0.793 bits per heavy atom. The van der Waals surface area contributed by atoms with Crippen LogP contribution in [0.3, 0.4) is 0 Å². The van der Waals surface area contributed by atoms with Gasteiger partial charge in [-0.15, -0.1) is 0 Å². The lowest BCUT2D eigenvalue weighted by Crippen LogP contribution is -2.15. The molecule has 0 aromatic heterocycles. The van der Waals surface area contributed by atoms with Crippen molar-refractivity contribution in [1.29, 1.82) is 0 Å². The van der Waals surface area contributed by atoms with Crippen LogP contribution >= 0.6 is 0 Å². The Morgan fingerprint density at radius 2 is 1.38 bits per heavy atom. The van der Waals surface area contributed by atoms with E-state index in [0.29, 0.717) is 11.3 Å². The normalized spacial score (nSPS) is 10.5. The molecule has 0 aliphatic carbocycles. The van der Waals surface area contributed by atoms with Gasteiger partial charge in [0.2, 0.25) is 11.6 Å². The van der Waals surface area contributed by atoms with Crippen molar-refractivity contribution in [3.63, 3.8) is 0 Å². The van der Waals surface area contributed by atoms with Gasteiger partial charge in [0, 0.05) is 22.9 Å². The molecule has 0 radical (unpaired) electrons. The fourth-order valence-electron chi connectivity index (χ4n) is 2.43. The molecule has 0 bridgehead atoms. The zero-order chi connectivity index (χ0) is 21.0. The number of carbonyl (C=O) groups is 2. The second kappa shape index (κ2) is 8.55. The first-order chi connectivity index (χ1) is 13.9. The van der Waals surface area contributed by atoms with Crippen LogP contribution in [0.2, 0.25) is 0 Å². The van der Waals surface area contributed by atoms with Crippen molar-refractivity contribution >= 4 is 17.4 Å². The monoisotopic (exact) mass is 403 g/mol. The van der Waals surface area contributed by atoms with Crippen LogP contribution in [0.25, 0.3) is 0 Å². The molecule has 0 aliphatic rings. The first kappa shape index (κ1) is 20.1. The second-order valence-corrected chi connectivity index (χ2v) is 5.91. The van der Waals surface area contributed by atoms with Gasteiger partial charge in [0.1, 0.15) is 0 Å². The molecule has 3 aromatic rings. The Balaban J connectivity index is 1.65. The van der Waals surface area contributed by atoms with E-state index in [1.54, 1.807) is 30.3 Å². The molecule has 4 nitrogen and oxygen atoms in total. The smallest absolute Gasteiger partial charge is 0.255 e. The molecule has 1 amide bonds. The average molecular weight is 403 g/mol. The Kier molecular flexibility index (Phi) is 5.92. The highest BCUT2D eigenvalue weighted by Crippen LogP contribution is 2.26. The summed E-state index contributed by atoms with van der Waals surface area (Å²) in [5, 5.41) is 2.65. The summed E-state index contributed by atoms with van der Waals surface area (Å²) in [6.45, 7) is -0.841. The SMILES string of the molecule is O=C(COc1c(F)c(F)cc(F)c1F)c1ccc(NC(=O)c2ccccc2)cc1. The third-order valence-electron chi connectivity index (χ3n) is 3.92. The van der Waals surface area contributed by atoms with Crippen molar-refractivity contribution in [2.24, 2.45) is 0 Å². The Labute approximate surface area is 162 Å². The number of ether oxygens (including phenoxy) is 1. The molecule has 0 unspecified atom stereocenters. The summed E-state index contributed by atoms with van der Waals surface area (Å²) in [6.07, 6.45) is 0. The van der Waals surface area contributed by atoms with Crippen molar-refractivity contribution < 1.29 is 31.9 Å². The molecule has 1 N–H and O–H groups in total. The molecule has 29 heavy (non-hydrogen) atoms. The van der Waals surface area contributed by atoms with E-state index in [-0.39, 0.29) is 17.5 Å². The van der Waals surface area contributed by atoms with Gasteiger partial charge in [-0.3, -0.25) is 9.59 Å². The predicted molar refractivity (Wildman–Crippen MR) is 96.9 cm³/mol. The molecule has 0 heterocycles. The van der Waals surface area contributed by atoms with Gasteiger partial charge in [-0.2, -0.15) is 8.78 Å². The summed E-state index contributed by atoms with van der Waals surface area (Å²) < 4.78 is 58.1. The molecular formula is C21H13F4NO3. The van der Waals surface area contributed by atoms with Crippen LogP contribution in [0.15, 0.2) is 60.7 Å². The highest BCUT2D eigenvalue weighted by Gasteiger charge is 2.21. The lowest BCUT2D eigenvalue weighted by atomic mass is 10.1. The molecule has 0 saturated carbocycles. The topological polar surface area (TPSA) is 55.4 Å². The van der Waals surface area contributed by atoms with Gasteiger partial charge in [-0.05, 0) is 36.4 Å². The minimum Gasteiger partial charge on any atom is -0.479 e. The summed E-state index contributed by atoms with van der Waals surface area (Å²) in [5.41, 5.74) is 0.980. The van der Waals surface area contributed by atoms with E-state index in [4.69, 9.17) is 0 Å². The quantitative estimate of drug-likeness (QED) is 0.367. The number of benzene rings is 3. The maximum atomic E-state index is 13.6. The van der Waals surface area contributed by atoms with E-state index in [1.807, 2.05) is 0 Å². The number of Topliss-reactive ketones (excluding diaryl/α,β-unsaturated/α-hetero) is 1. The lowest BCUT2D eigenvalue weighted by Gasteiger charge is -2.09. The van der Waals surface area contributed by atoms with Crippen LogP contribution in [-0.4, -0.2) is 18.3 Å². The number of anilines is 1. The summed E-state index contributed by atoms with van der Waals surface area (Å²) in [6, 6.07) is 14.2. The number of amides is 1. The summed E-state index contributed by atoms with van der Waals surface area (Å²) in [5.74, 6) is -9.05. The van der Waals surface area contributed by atoms with E-state index in [0.717, 1.165) is 0 Å². The molecule has 0 saturated heterocycles. The van der Waals surface area contributed by atoms with Gasteiger partial charge in [0.15, 0.2) is 29.8 Å². The molecule has 0 atom stereocenters. The maximum Gasteiger partial charge on any atom is 0.255 e. The third kappa shape index (κ3) is 4.60. The zero-order valence-corrected chi connectivity index (χ0v) is 14.7. The molecule has 148 valence electrons. The molecule has 0 aliphatic heterocycles. The Bertz CT molecular complexity index is 1030. The number of hydrogen-bond acceptors (Lipinski definition) is 3. The summed E-state index contributed by atoms with van der Waals surface area (Å²) in [7, 11) is 0. The highest BCUT2D eigenvalue weighted by molar-refractivity contribution is 6.04. The minimum absolute atomic E-state index is 0.0435. The zero-order valence-electron chi connectivity index (χ0n) is 14.7. The van der Waals surface area contributed by atoms with E-state index in [2.05, 4.69) is 10.1 Å². The number of carbonyl (C=O) groups excluding carboxylic acids is 2. The molecule has 3 aromatic carbocycles. The van der Waals surface area contributed by atoms with Crippen LogP contribution in [0, 0.1) is 23.3 Å². The van der Waals surface area contributed by atoms with Crippen LogP contribution in [0.1, 0.15) is 20.7 Å². The van der Waals surface area contributed by atoms with Crippen LogP contribution in [-0.2, 0) is 0 Å². The van der Waals surface area contributed by atoms with Crippen molar-refractivity contribution in [2.75, 3.05) is 11.9 Å². The standard InChI is InChI=1S/C21H13F4NO3/c22-15-10-16(23)19(25)20(18(15)24)29-11-17(27)12-6-8-14(9-7-12)26-21(28)13-4-2-1-3-5-13/h1-10H,11H2,(H,26,28). The van der Waals surface area contributed by atoms with Crippen molar-refractivity contribution in [1.82, 2.24) is 0 Å². The minimum atomic E-state index is -1.73. The molecule has 0 fully saturated rings. The van der Waals surface area contributed by atoms with Gasteiger partial charge in [-0.1, -0.05) is 18.2 Å². The number of ketones is 1. The van der Waals surface area contributed by atoms with Crippen molar-refractivity contribution in [3.8, 4) is 5.75 Å². The van der Waals surface area contributed by atoms with Gasteiger partial charge in [0.25, 0.3) is 5.91 Å². The van der Waals surface area contributed by atoms with Gasteiger partial charge >= 0.3 is 0 Å². The lowest BCUT2D eigenvalue weighted by molar-refractivity contribution is 0.0913. The first-order valence-electron chi connectivity index (χ1n) is 8.32. The number of nitrogens with one attached hydrogen (secondary N) is 1. The maximum absolute atomic E-state index is 13.6. The van der Waals surface area contributed by atoms with Crippen LogP contribution in [0.5, 0.6) is 5.75 Å². The van der Waals surface area contributed by atoms with Crippen molar-refractivity contribution in [3.05, 3.63) is 95.1 Å². The Morgan fingerprint density at radius 3 is 1.97 bits per heavy atom. The molecule has 3 rings (SSSR count). The molecular weight excluding hydrogens is 390 g/mol. The Hall–Kier alpha value is -3.68. The molecule has 0 spiro atoms. The average Bonchev–Trinajstić information content (AvgIpc) is 2.73. The second-order valence-electron chi connectivity index (χ2n) is 5.91. The third-order valence-corrected chi connectivity index (χ3v) is 3.92. The number of hydrogen-bond donors (Lipinski definition) is 1. The predicted octanol–water partition coefficient (Wildman–Crippen LogP) is 4.76. The summed E-state index contributed by atoms with van der Waals surface area (Å²) >= 11 is 0. The fourth-order valence-corrected chi connectivity index (χ4v) is 2.43. The first-order valence-corrected chi connectivity index (χ1v) is 8.32. The van der Waals surface area contributed by atoms with Gasteiger partial charge in [0.05, 0.1) is 0 Å². The largest absolute Gasteiger partial charge is 0.479 e. The number of halogens is 4. The number of rotatable bonds is 6. The van der Waals surface area contributed by atoms with E-state index in [1.165, 1.54) is 24.3 Å². The summed E-state index contributed by atoms with van der Waals surface area (Å²) in [4.78, 5) is 24.2. The fraction of sp³-hybridized carbons (Fsp3) is 0.0476. The van der Waals surface area contributed by atoms with E-state index >= 15 is 0 Å². The van der Waals surface area contributed by atoms with Crippen LogP contribution in [0.4, 0.5) is 23.2 Å². The highest BCUT2D eigenvalue weighted by atomic mass is 19.2.